The Kier molecular flexibility index (Phi) is 6.74. The lowest BCUT2D eigenvalue weighted by atomic mass is 10.1. The van der Waals surface area contributed by atoms with Crippen LogP contribution in [0.15, 0.2) is 0 Å². The van der Waals surface area contributed by atoms with Crippen LogP contribution >= 0.6 is 0 Å². The summed E-state index contributed by atoms with van der Waals surface area (Å²) < 4.78 is 0. The number of anilines is 2. The van der Waals surface area contributed by atoms with Gasteiger partial charge in [-0.2, -0.15) is 0 Å². The molecule has 4 heterocycles. The Morgan fingerprint density at radius 2 is 0.833 bits per heavy atom. The van der Waals surface area contributed by atoms with Gasteiger partial charge in [0.05, 0.1) is 11.4 Å². The molecule has 0 aliphatic carbocycles. The monoisotopic (exact) mass is 412 g/mol. The Hall–Kier alpha value is -2.50. The van der Waals surface area contributed by atoms with Crippen LogP contribution in [0.3, 0.4) is 0 Å². The molecule has 0 spiro atoms. The molecule has 2 aliphatic heterocycles. The van der Waals surface area contributed by atoms with Gasteiger partial charge in [-0.25, -0.2) is 9.97 Å². The van der Waals surface area contributed by atoms with Crippen molar-refractivity contribution in [2.45, 2.75) is 67.2 Å². The highest BCUT2D eigenvalue weighted by Gasteiger charge is 2.20. The van der Waals surface area contributed by atoms with Gasteiger partial charge in [-0.15, -0.1) is 0 Å². The fourth-order valence-corrected chi connectivity index (χ4v) is 4.30. The van der Waals surface area contributed by atoms with E-state index in [0.717, 1.165) is 71.5 Å². The number of aryl methyl sites for hydroxylation is 2. The lowest BCUT2D eigenvalue weighted by Gasteiger charge is -2.21. The molecule has 4 rings (SSSR count). The summed E-state index contributed by atoms with van der Waals surface area (Å²) in [5.74, 6) is 2.80. The van der Waals surface area contributed by atoms with Gasteiger partial charge in [0, 0.05) is 26.2 Å². The van der Waals surface area contributed by atoms with Crippen molar-refractivity contribution in [2.75, 3.05) is 36.0 Å². The third-order valence-corrected chi connectivity index (χ3v) is 6.55. The summed E-state index contributed by atoms with van der Waals surface area (Å²) in [5, 5.41) is 19.5. The second-order valence-electron chi connectivity index (χ2n) is 8.63. The van der Waals surface area contributed by atoms with Crippen molar-refractivity contribution in [3.05, 3.63) is 33.6 Å². The van der Waals surface area contributed by atoms with Crippen LogP contribution in [0.5, 0.6) is 11.5 Å². The van der Waals surface area contributed by atoms with Gasteiger partial charge >= 0.3 is 0 Å². The lowest BCUT2D eigenvalue weighted by molar-refractivity contribution is 0.462. The van der Waals surface area contributed by atoms with E-state index in [-0.39, 0.29) is 0 Å². The predicted molar refractivity (Wildman–Crippen MR) is 123 cm³/mol. The summed E-state index contributed by atoms with van der Waals surface area (Å²) in [6, 6.07) is 0. The first-order valence-corrected chi connectivity index (χ1v) is 11.1. The van der Waals surface area contributed by atoms with E-state index >= 15 is 0 Å². The zero-order valence-electron chi connectivity index (χ0n) is 19.3. The fourth-order valence-electron chi connectivity index (χ4n) is 4.30. The molecule has 0 radical (unpaired) electrons. The molecule has 2 aromatic heterocycles. The smallest absolute Gasteiger partial charge is 0.140 e. The average molecular weight is 413 g/mol. The second-order valence-corrected chi connectivity index (χ2v) is 8.63. The van der Waals surface area contributed by atoms with E-state index < -0.39 is 0 Å². The molecule has 0 bridgehead atoms. The van der Waals surface area contributed by atoms with E-state index in [4.69, 9.17) is 0 Å². The summed E-state index contributed by atoms with van der Waals surface area (Å²) in [4.78, 5) is 13.6. The minimum absolute atomic E-state index is 0.343. The van der Waals surface area contributed by atoms with Gasteiger partial charge in [-0.3, -0.25) is 0 Å². The maximum absolute atomic E-state index is 9.77. The van der Waals surface area contributed by atoms with Crippen molar-refractivity contribution in [3.8, 4) is 11.5 Å². The molecule has 6 nitrogen and oxygen atoms in total. The number of pyridine rings is 2. The molecule has 0 saturated carbocycles. The van der Waals surface area contributed by atoms with E-state index in [1.165, 1.54) is 25.7 Å². The molecular weight excluding hydrogens is 376 g/mol. The number of aromatic nitrogens is 2. The maximum atomic E-state index is 9.77. The summed E-state index contributed by atoms with van der Waals surface area (Å²) in [7, 11) is 0. The van der Waals surface area contributed by atoms with E-state index in [9.17, 15) is 10.2 Å². The van der Waals surface area contributed by atoms with E-state index in [1.54, 1.807) is 0 Å². The fraction of sp³-hybridized carbons (Fsp3) is 0.583. The minimum Gasteiger partial charge on any atom is -0.506 e. The van der Waals surface area contributed by atoms with E-state index in [2.05, 4.69) is 19.8 Å². The van der Waals surface area contributed by atoms with Gasteiger partial charge < -0.3 is 20.0 Å². The minimum atomic E-state index is 0.343. The molecule has 0 atom stereocenters. The molecule has 2 aliphatic rings. The van der Waals surface area contributed by atoms with Crippen molar-refractivity contribution in [2.24, 2.45) is 0 Å². The highest BCUT2D eigenvalue weighted by Crippen LogP contribution is 2.32. The molecule has 164 valence electrons. The number of nitrogens with zero attached hydrogens (tertiary/aromatic N) is 4. The Morgan fingerprint density at radius 3 is 1.13 bits per heavy atom. The Bertz CT molecular complexity index is 839. The van der Waals surface area contributed by atoms with Gasteiger partial charge in [-0.05, 0) is 89.5 Å². The molecule has 0 aromatic carbocycles. The third-order valence-electron chi connectivity index (χ3n) is 6.55. The molecule has 0 amide bonds. The van der Waals surface area contributed by atoms with Crippen molar-refractivity contribution in [1.29, 1.82) is 0 Å². The largest absolute Gasteiger partial charge is 0.506 e. The normalized spacial score (nSPS) is 16.1. The van der Waals surface area contributed by atoms with Crippen molar-refractivity contribution in [1.82, 2.24) is 9.97 Å². The first-order chi connectivity index (χ1) is 14.2. The molecular formula is C24H36N4O2. The van der Waals surface area contributed by atoms with Gasteiger partial charge in [0.15, 0.2) is 0 Å². The van der Waals surface area contributed by atoms with Crippen LogP contribution in [0.2, 0.25) is 0 Å². The van der Waals surface area contributed by atoms with Crippen LogP contribution in [0, 0.1) is 41.5 Å². The maximum Gasteiger partial charge on any atom is 0.140 e. The number of aromatic hydroxyl groups is 2. The highest BCUT2D eigenvalue weighted by atomic mass is 16.3. The van der Waals surface area contributed by atoms with Crippen molar-refractivity contribution in [3.63, 3.8) is 0 Å². The van der Waals surface area contributed by atoms with Crippen LogP contribution in [0.4, 0.5) is 11.6 Å². The molecule has 2 N–H and O–H groups in total. The molecule has 2 aromatic rings. The Morgan fingerprint density at radius 1 is 0.533 bits per heavy atom. The molecule has 6 heteroatoms. The van der Waals surface area contributed by atoms with Crippen LogP contribution < -0.4 is 9.80 Å². The third kappa shape index (κ3) is 4.32. The van der Waals surface area contributed by atoms with Crippen molar-refractivity contribution < 1.29 is 10.2 Å². The van der Waals surface area contributed by atoms with Gasteiger partial charge in [0.1, 0.15) is 23.1 Å². The van der Waals surface area contributed by atoms with Crippen molar-refractivity contribution >= 4 is 11.6 Å². The quantitative estimate of drug-likeness (QED) is 0.749. The SMILES string of the molecule is Cc1nc(N2CCCC2)c(C)c(C)c1O.Cc1nc(N2CCCC2)c(C)c(C)c1O. The Balaban J connectivity index is 0.000000171. The summed E-state index contributed by atoms with van der Waals surface area (Å²) in [5.41, 5.74) is 5.62. The summed E-state index contributed by atoms with van der Waals surface area (Å²) >= 11 is 0. The van der Waals surface area contributed by atoms with Gasteiger partial charge in [0.2, 0.25) is 0 Å². The van der Waals surface area contributed by atoms with Crippen LogP contribution in [-0.2, 0) is 0 Å². The highest BCUT2D eigenvalue weighted by molar-refractivity contribution is 5.57. The first kappa shape index (κ1) is 22.2. The standard InChI is InChI=1S/2C12H18N2O/c2*1-8-9(2)12(13-10(3)11(8)15)14-6-4-5-7-14/h2*15H,4-7H2,1-3H3. The Labute approximate surface area is 180 Å². The van der Waals surface area contributed by atoms with E-state index in [0.29, 0.717) is 11.5 Å². The number of hydrogen-bond acceptors (Lipinski definition) is 6. The van der Waals surface area contributed by atoms with Gasteiger partial charge in [-0.1, -0.05) is 0 Å². The molecule has 2 fully saturated rings. The molecule has 0 unspecified atom stereocenters. The molecule has 30 heavy (non-hydrogen) atoms. The number of hydrogen-bond donors (Lipinski definition) is 2. The van der Waals surface area contributed by atoms with Crippen LogP contribution in [0.25, 0.3) is 0 Å². The van der Waals surface area contributed by atoms with E-state index in [1.807, 2.05) is 41.5 Å². The predicted octanol–water partition coefficient (Wildman–Crippen LogP) is 4.63. The zero-order valence-corrected chi connectivity index (χ0v) is 19.3. The lowest BCUT2D eigenvalue weighted by Crippen LogP contribution is -2.20. The zero-order chi connectivity index (χ0) is 22.0. The summed E-state index contributed by atoms with van der Waals surface area (Å²) in [6.07, 6.45) is 5.00. The first-order valence-electron chi connectivity index (χ1n) is 11.1. The van der Waals surface area contributed by atoms with Crippen LogP contribution in [0.1, 0.15) is 59.3 Å². The topological polar surface area (TPSA) is 72.7 Å². The van der Waals surface area contributed by atoms with Crippen LogP contribution in [-0.4, -0.2) is 46.4 Å². The molecule has 2 saturated heterocycles. The average Bonchev–Trinajstić information content (AvgIpc) is 3.45. The number of rotatable bonds is 2. The summed E-state index contributed by atoms with van der Waals surface area (Å²) in [6.45, 7) is 16.1. The van der Waals surface area contributed by atoms with Gasteiger partial charge in [0.25, 0.3) is 0 Å². The second kappa shape index (κ2) is 9.11.